The molecular formula is C27H25N7. The summed E-state index contributed by atoms with van der Waals surface area (Å²) in [7, 11) is 3.99. The van der Waals surface area contributed by atoms with Gasteiger partial charge >= 0.3 is 0 Å². The van der Waals surface area contributed by atoms with E-state index in [-0.39, 0.29) is 0 Å². The normalized spacial score (nSPS) is 12.4. The van der Waals surface area contributed by atoms with Gasteiger partial charge in [-0.1, -0.05) is 24.8 Å². The topological polar surface area (TPSA) is 86.4 Å². The van der Waals surface area contributed by atoms with Gasteiger partial charge in [-0.2, -0.15) is 5.10 Å². The Labute approximate surface area is 197 Å². The summed E-state index contributed by atoms with van der Waals surface area (Å²) in [5.41, 5.74) is 9.09. The number of allylic oxidation sites excluding steroid dienone is 4. The van der Waals surface area contributed by atoms with Gasteiger partial charge in [-0.15, -0.1) is 0 Å². The van der Waals surface area contributed by atoms with Crippen LogP contribution in [0.15, 0.2) is 85.4 Å². The Morgan fingerprint density at radius 1 is 0.971 bits per heavy atom. The lowest BCUT2D eigenvalue weighted by atomic mass is 10.1. The van der Waals surface area contributed by atoms with E-state index < -0.39 is 0 Å². The maximum atomic E-state index is 4.95. The predicted molar refractivity (Wildman–Crippen MR) is 138 cm³/mol. The molecule has 0 radical (unpaired) electrons. The van der Waals surface area contributed by atoms with E-state index >= 15 is 0 Å². The van der Waals surface area contributed by atoms with E-state index in [1.54, 1.807) is 12.4 Å². The number of hydrogen-bond donors (Lipinski definition) is 2. The van der Waals surface area contributed by atoms with E-state index in [1.807, 2.05) is 74.5 Å². The number of nitrogens with one attached hydrogen (secondary N) is 2. The molecule has 168 valence electrons. The predicted octanol–water partition coefficient (Wildman–Crippen LogP) is 5.60. The van der Waals surface area contributed by atoms with Crippen molar-refractivity contribution < 1.29 is 0 Å². The highest BCUT2D eigenvalue weighted by molar-refractivity contribution is 5.96. The zero-order valence-electron chi connectivity index (χ0n) is 19.4. The number of rotatable bonds is 6. The van der Waals surface area contributed by atoms with Gasteiger partial charge in [0.1, 0.15) is 5.52 Å². The summed E-state index contributed by atoms with van der Waals surface area (Å²) in [5.74, 6) is 0.671. The number of likely N-dealkylation sites (N-methyl/N-ethyl adjacent to an activating group) is 1. The summed E-state index contributed by atoms with van der Waals surface area (Å²) in [4.78, 5) is 19.4. The Balaban J connectivity index is 1.62. The van der Waals surface area contributed by atoms with Crippen LogP contribution in [-0.2, 0) is 0 Å². The summed E-state index contributed by atoms with van der Waals surface area (Å²) in [6.07, 6.45) is 9.53. The fraction of sp³-hybridized carbons (Fsp3) is 0.111. The smallest absolute Gasteiger partial charge is 0.161 e. The van der Waals surface area contributed by atoms with Crippen LogP contribution in [0.5, 0.6) is 0 Å². The van der Waals surface area contributed by atoms with Crippen molar-refractivity contribution in [3.05, 3.63) is 91.1 Å². The molecule has 0 bridgehead atoms. The highest BCUT2D eigenvalue weighted by atomic mass is 15.1. The Hall–Kier alpha value is -4.52. The molecule has 0 saturated carbocycles. The maximum Gasteiger partial charge on any atom is 0.161 e. The molecule has 0 aliphatic rings. The van der Waals surface area contributed by atoms with Gasteiger partial charge in [-0.3, -0.25) is 10.1 Å². The van der Waals surface area contributed by atoms with Crippen molar-refractivity contribution in [3.8, 4) is 22.6 Å². The highest BCUT2D eigenvalue weighted by Crippen LogP contribution is 2.31. The molecule has 0 aliphatic carbocycles. The van der Waals surface area contributed by atoms with E-state index in [9.17, 15) is 0 Å². The van der Waals surface area contributed by atoms with Crippen molar-refractivity contribution in [2.45, 2.75) is 6.92 Å². The molecule has 1 aromatic carbocycles. The van der Waals surface area contributed by atoms with Crippen molar-refractivity contribution >= 4 is 27.6 Å². The van der Waals surface area contributed by atoms with E-state index in [0.717, 1.165) is 50.2 Å². The van der Waals surface area contributed by atoms with E-state index in [0.29, 0.717) is 11.5 Å². The van der Waals surface area contributed by atoms with E-state index in [4.69, 9.17) is 9.97 Å². The van der Waals surface area contributed by atoms with Crippen LogP contribution >= 0.6 is 0 Å². The largest absolute Gasteiger partial charge is 0.378 e. The summed E-state index contributed by atoms with van der Waals surface area (Å²) < 4.78 is 0. The maximum absolute atomic E-state index is 4.95. The third-order valence-electron chi connectivity index (χ3n) is 5.77. The van der Waals surface area contributed by atoms with Crippen LogP contribution < -0.4 is 0 Å². The van der Waals surface area contributed by atoms with Gasteiger partial charge in [0, 0.05) is 37.7 Å². The summed E-state index contributed by atoms with van der Waals surface area (Å²) >= 11 is 0. The van der Waals surface area contributed by atoms with Gasteiger partial charge in [0.15, 0.2) is 11.5 Å². The molecule has 0 fully saturated rings. The van der Waals surface area contributed by atoms with Crippen LogP contribution in [0.4, 0.5) is 0 Å². The molecule has 4 aromatic heterocycles. The second-order valence-corrected chi connectivity index (χ2v) is 8.10. The minimum Gasteiger partial charge on any atom is -0.378 e. The van der Waals surface area contributed by atoms with Gasteiger partial charge in [-0.05, 0) is 60.5 Å². The van der Waals surface area contributed by atoms with Crippen molar-refractivity contribution in [1.29, 1.82) is 0 Å². The fourth-order valence-electron chi connectivity index (χ4n) is 3.97. The molecular weight excluding hydrogens is 422 g/mol. The van der Waals surface area contributed by atoms with Crippen molar-refractivity contribution in [3.63, 3.8) is 0 Å². The first kappa shape index (κ1) is 21.3. The lowest BCUT2D eigenvalue weighted by Crippen LogP contribution is -2.09. The first-order valence-corrected chi connectivity index (χ1v) is 11.0. The number of fused-ring (bicyclic) bond motifs is 2. The molecule has 7 nitrogen and oxygen atoms in total. The number of aromatic nitrogens is 6. The average Bonchev–Trinajstić information content (AvgIpc) is 3.48. The van der Waals surface area contributed by atoms with Gasteiger partial charge in [-0.25, -0.2) is 9.97 Å². The number of pyridine rings is 2. The Morgan fingerprint density at radius 2 is 1.79 bits per heavy atom. The molecule has 4 heterocycles. The molecule has 2 N–H and O–H groups in total. The molecule has 5 aromatic rings. The Bertz CT molecular complexity index is 1550. The van der Waals surface area contributed by atoms with Gasteiger partial charge in [0.2, 0.25) is 0 Å². The van der Waals surface area contributed by atoms with Crippen LogP contribution in [-0.4, -0.2) is 49.1 Å². The average molecular weight is 448 g/mol. The van der Waals surface area contributed by atoms with Gasteiger partial charge in [0.05, 0.1) is 22.2 Å². The summed E-state index contributed by atoms with van der Waals surface area (Å²) in [6, 6.07) is 14.1. The number of aromatic amines is 2. The molecule has 0 saturated heterocycles. The van der Waals surface area contributed by atoms with Crippen molar-refractivity contribution in [2.75, 3.05) is 14.1 Å². The van der Waals surface area contributed by atoms with Crippen LogP contribution in [0, 0.1) is 0 Å². The first-order chi connectivity index (χ1) is 16.6. The van der Waals surface area contributed by atoms with E-state index in [1.165, 1.54) is 0 Å². The second-order valence-electron chi connectivity index (χ2n) is 8.10. The lowest BCUT2D eigenvalue weighted by molar-refractivity contribution is 0.530. The van der Waals surface area contributed by atoms with Crippen molar-refractivity contribution in [2.24, 2.45) is 0 Å². The number of H-pyrrole nitrogens is 2. The van der Waals surface area contributed by atoms with Gasteiger partial charge < -0.3 is 9.88 Å². The Morgan fingerprint density at radius 3 is 2.53 bits per heavy atom. The minimum atomic E-state index is 0.671. The molecule has 0 amide bonds. The quantitative estimate of drug-likeness (QED) is 0.331. The van der Waals surface area contributed by atoms with Crippen molar-refractivity contribution in [1.82, 2.24) is 35.0 Å². The number of hydrogen-bond acceptors (Lipinski definition) is 5. The van der Waals surface area contributed by atoms with Crippen LogP contribution in [0.3, 0.4) is 0 Å². The SMILES string of the molecule is C=C/C(=C\C(=C/C)c1ccc2[nH]nc(-c3nc4c(-c5ccncc5)cccc4[nH]3)c2n1)N(C)C. The lowest BCUT2D eigenvalue weighted by Gasteiger charge is -2.14. The van der Waals surface area contributed by atoms with E-state index in [2.05, 4.69) is 38.9 Å². The number of para-hydroxylation sites is 1. The third-order valence-corrected chi connectivity index (χ3v) is 5.77. The summed E-state index contributed by atoms with van der Waals surface area (Å²) in [5, 5.41) is 7.64. The molecule has 0 aliphatic heterocycles. The zero-order valence-corrected chi connectivity index (χ0v) is 19.4. The molecule has 5 rings (SSSR count). The highest BCUT2D eigenvalue weighted by Gasteiger charge is 2.17. The molecule has 7 heteroatoms. The molecule has 0 spiro atoms. The third kappa shape index (κ3) is 3.77. The Kier molecular flexibility index (Phi) is 5.51. The minimum absolute atomic E-state index is 0.671. The summed E-state index contributed by atoms with van der Waals surface area (Å²) in [6.45, 7) is 5.92. The second kappa shape index (κ2) is 8.78. The monoisotopic (exact) mass is 447 g/mol. The first-order valence-electron chi connectivity index (χ1n) is 11.0. The number of benzene rings is 1. The molecule has 0 atom stereocenters. The fourth-order valence-corrected chi connectivity index (χ4v) is 3.97. The molecule has 0 unspecified atom stereocenters. The van der Waals surface area contributed by atoms with Crippen LogP contribution in [0.1, 0.15) is 12.6 Å². The standard InChI is InChI=1S/C27H25N7/c1-5-17(16-19(6-2)34(3)4)21-10-11-23-25(29-21)26(33-32-23)27-30-22-9-7-8-20(24(22)31-27)18-12-14-28-15-13-18/h5-16H,2H2,1,3-4H3,(H,30,31)(H,32,33)/b17-5+,19-16+. The van der Waals surface area contributed by atoms with Gasteiger partial charge in [0.25, 0.3) is 0 Å². The molecule has 34 heavy (non-hydrogen) atoms. The number of nitrogens with zero attached hydrogens (tertiary/aromatic N) is 5. The zero-order chi connectivity index (χ0) is 23.7. The van der Waals surface area contributed by atoms with Crippen LogP contribution in [0.2, 0.25) is 0 Å². The van der Waals surface area contributed by atoms with Crippen LogP contribution in [0.25, 0.3) is 50.3 Å². The number of imidazole rings is 1.